The monoisotopic (exact) mass is 358 g/mol. The Balaban J connectivity index is 2.13. The number of halogens is 1. The van der Waals surface area contributed by atoms with Gasteiger partial charge in [-0.25, -0.2) is 0 Å². The summed E-state index contributed by atoms with van der Waals surface area (Å²) in [6.07, 6.45) is 0. The summed E-state index contributed by atoms with van der Waals surface area (Å²) in [5.74, 6) is -0.759. The number of nitrogens with one attached hydrogen (secondary N) is 2. The number of carbonyl (C=O) groups is 2. The molecule has 0 saturated heterocycles. The van der Waals surface area contributed by atoms with Crippen molar-refractivity contribution in [2.45, 2.75) is 34.6 Å². The molecule has 0 aliphatic heterocycles. The van der Waals surface area contributed by atoms with Crippen LogP contribution in [0.5, 0.6) is 0 Å². The average Bonchev–Trinajstić information content (AvgIpc) is 2.53. The fourth-order valence-electron chi connectivity index (χ4n) is 2.29. The van der Waals surface area contributed by atoms with E-state index in [4.69, 9.17) is 11.6 Å². The van der Waals surface area contributed by atoms with Gasteiger partial charge in [-0.15, -0.1) is 0 Å². The van der Waals surface area contributed by atoms with Crippen LogP contribution in [-0.4, -0.2) is 11.8 Å². The number of hydrogen-bond donors (Lipinski definition) is 2. The average molecular weight is 359 g/mol. The zero-order valence-electron chi connectivity index (χ0n) is 15.2. The third kappa shape index (κ3) is 4.40. The SMILES string of the molecule is Cc1ccc(NC(=O)C(C)(C)C(=O)Nc2ccc(C)c(Cl)c2)c(C)c1. The van der Waals surface area contributed by atoms with Gasteiger partial charge in [-0.3, -0.25) is 9.59 Å². The Labute approximate surface area is 153 Å². The molecule has 0 saturated carbocycles. The van der Waals surface area contributed by atoms with E-state index in [0.717, 1.165) is 16.7 Å². The van der Waals surface area contributed by atoms with Gasteiger partial charge in [0.25, 0.3) is 0 Å². The Kier molecular flexibility index (Phi) is 5.53. The molecule has 0 aliphatic rings. The lowest BCUT2D eigenvalue weighted by Gasteiger charge is -2.23. The Hall–Kier alpha value is -2.33. The summed E-state index contributed by atoms with van der Waals surface area (Å²) < 4.78 is 0. The van der Waals surface area contributed by atoms with Gasteiger partial charge in [-0.2, -0.15) is 0 Å². The molecule has 0 bridgehead atoms. The summed E-state index contributed by atoms with van der Waals surface area (Å²) in [5, 5.41) is 6.16. The van der Waals surface area contributed by atoms with Crippen molar-refractivity contribution in [3.05, 3.63) is 58.1 Å². The van der Waals surface area contributed by atoms with Crippen LogP contribution in [0.25, 0.3) is 0 Å². The van der Waals surface area contributed by atoms with E-state index in [1.165, 1.54) is 0 Å². The lowest BCUT2D eigenvalue weighted by Crippen LogP contribution is -2.41. The maximum atomic E-state index is 12.6. The lowest BCUT2D eigenvalue weighted by atomic mass is 9.90. The van der Waals surface area contributed by atoms with Crippen LogP contribution in [0, 0.1) is 26.2 Å². The molecule has 0 fully saturated rings. The molecule has 2 amide bonds. The highest BCUT2D eigenvalue weighted by atomic mass is 35.5. The van der Waals surface area contributed by atoms with Crippen LogP contribution >= 0.6 is 11.6 Å². The van der Waals surface area contributed by atoms with Crippen molar-refractivity contribution >= 4 is 34.8 Å². The van der Waals surface area contributed by atoms with Gasteiger partial charge in [-0.1, -0.05) is 35.4 Å². The normalized spacial score (nSPS) is 11.1. The van der Waals surface area contributed by atoms with Gasteiger partial charge in [0.2, 0.25) is 11.8 Å². The fourth-order valence-corrected chi connectivity index (χ4v) is 2.47. The fraction of sp³-hybridized carbons (Fsp3) is 0.300. The molecule has 2 rings (SSSR count). The summed E-state index contributed by atoms with van der Waals surface area (Å²) in [6.45, 7) is 8.98. The van der Waals surface area contributed by atoms with E-state index in [1.54, 1.807) is 26.0 Å². The first-order valence-corrected chi connectivity index (χ1v) is 8.45. The van der Waals surface area contributed by atoms with E-state index in [1.807, 2.05) is 45.0 Å². The van der Waals surface area contributed by atoms with Crippen LogP contribution in [0.1, 0.15) is 30.5 Å². The minimum absolute atomic E-state index is 0.366. The third-order valence-corrected chi connectivity index (χ3v) is 4.60. The molecular weight excluding hydrogens is 336 g/mol. The van der Waals surface area contributed by atoms with Crippen LogP contribution in [0.4, 0.5) is 11.4 Å². The van der Waals surface area contributed by atoms with Crippen LogP contribution in [-0.2, 0) is 9.59 Å². The predicted molar refractivity (Wildman–Crippen MR) is 103 cm³/mol. The van der Waals surface area contributed by atoms with Crippen molar-refractivity contribution in [2.24, 2.45) is 5.41 Å². The van der Waals surface area contributed by atoms with E-state index >= 15 is 0 Å². The van der Waals surface area contributed by atoms with Crippen molar-refractivity contribution in [2.75, 3.05) is 10.6 Å². The Morgan fingerprint density at radius 1 is 0.880 bits per heavy atom. The molecular formula is C20H23ClN2O2. The van der Waals surface area contributed by atoms with E-state index in [9.17, 15) is 9.59 Å². The highest BCUT2D eigenvalue weighted by Crippen LogP contribution is 2.25. The van der Waals surface area contributed by atoms with E-state index in [2.05, 4.69) is 10.6 Å². The van der Waals surface area contributed by atoms with Crippen molar-refractivity contribution in [3.63, 3.8) is 0 Å². The Morgan fingerprint density at radius 3 is 2.12 bits per heavy atom. The maximum absolute atomic E-state index is 12.6. The minimum atomic E-state index is -1.24. The number of amides is 2. The molecule has 5 heteroatoms. The zero-order chi connectivity index (χ0) is 18.8. The van der Waals surface area contributed by atoms with E-state index in [0.29, 0.717) is 16.4 Å². The number of aryl methyl sites for hydroxylation is 3. The Morgan fingerprint density at radius 2 is 1.52 bits per heavy atom. The lowest BCUT2D eigenvalue weighted by molar-refractivity contribution is -0.135. The van der Waals surface area contributed by atoms with Crippen molar-refractivity contribution in [3.8, 4) is 0 Å². The molecule has 132 valence electrons. The molecule has 0 unspecified atom stereocenters. The van der Waals surface area contributed by atoms with E-state index in [-0.39, 0.29) is 5.91 Å². The molecule has 4 nitrogen and oxygen atoms in total. The molecule has 2 aromatic carbocycles. The second-order valence-corrected chi connectivity index (χ2v) is 7.22. The maximum Gasteiger partial charge on any atom is 0.239 e. The molecule has 0 radical (unpaired) electrons. The van der Waals surface area contributed by atoms with Crippen molar-refractivity contribution in [1.82, 2.24) is 0 Å². The first-order valence-electron chi connectivity index (χ1n) is 8.07. The van der Waals surface area contributed by atoms with Gasteiger partial charge in [0, 0.05) is 16.4 Å². The van der Waals surface area contributed by atoms with Gasteiger partial charge in [0.15, 0.2) is 0 Å². The van der Waals surface area contributed by atoms with Gasteiger partial charge in [0.1, 0.15) is 5.41 Å². The second kappa shape index (κ2) is 7.28. The van der Waals surface area contributed by atoms with Crippen molar-refractivity contribution < 1.29 is 9.59 Å². The largest absolute Gasteiger partial charge is 0.325 e. The Bertz CT molecular complexity index is 828. The zero-order valence-corrected chi connectivity index (χ0v) is 15.9. The first-order chi connectivity index (χ1) is 11.6. The van der Waals surface area contributed by atoms with Gasteiger partial charge in [-0.05, 0) is 63.9 Å². The molecule has 25 heavy (non-hydrogen) atoms. The molecule has 0 atom stereocenters. The van der Waals surface area contributed by atoms with Gasteiger partial charge in [0.05, 0.1) is 0 Å². The molecule has 2 aromatic rings. The van der Waals surface area contributed by atoms with E-state index < -0.39 is 11.3 Å². The minimum Gasteiger partial charge on any atom is -0.325 e. The summed E-state index contributed by atoms with van der Waals surface area (Å²) in [5.41, 5.74) is 3.02. The third-order valence-electron chi connectivity index (χ3n) is 4.20. The first kappa shape index (κ1) is 19.0. The standard InChI is InChI=1S/C20H23ClN2O2/c1-12-6-9-17(14(3)10-12)23-19(25)20(4,5)18(24)22-15-8-7-13(2)16(21)11-15/h6-11H,1-5H3,(H,22,24)(H,23,25). The quantitative estimate of drug-likeness (QED) is 0.766. The number of hydrogen-bond acceptors (Lipinski definition) is 2. The highest BCUT2D eigenvalue weighted by Gasteiger charge is 2.36. The predicted octanol–water partition coefficient (Wildman–Crippen LogP) is 4.87. The number of anilines is 2. The highest BCUT2D eigenvalue weighted by molar-refractivity contribution is 6.31. The van der Waals surface area contributed by atoms with Crippen LogP contribution in [0.15, 0.2) is 36.4 Å². The molecule has 0 spiro atoms. The second-order valence-electron chi connectivity index (χ2n) is 6.82. The van der Waals surface area contributed by atoms with Crippen LogP contribution in [0.2, 0.25) is 5.02 Å². The van der Waals surface area contributed by atoms with Gasteiger partial charge >= 0.3 is 0 Å². The molecule has 0 aromatic heterocycles. The molecule has 0 heterocycles. The van der Waals surface area contributed by atoms with Crippen LogP contribution < -0.4 is 10.6 Å². The van der Waals surface area contributed by atoms with Crippen LogP contribution in [0.3, 0.4) is 0 Å². The molecule has 0 aliphatic carbocycles. The number of rotatable bonds is 4. The molecule has 2 N–H and O–H groups in total. The summed E-state index contributed by atoms with van der Waals surface area (Å²) in [4.78, 5) is 25.2. The smallest absolute Gasteiger partial charge is 0.239 e. The van der Waals surface area contributed by atoms with Crippen molar-refractivity contribution in [1.29, 1.82) is 0 Å². The summed E-state index contributed by atoms with van der Waals surface area (Å²) >= 11 is 6.08. The summed E-state index contributed by atoms with van der Waals surface area (Å²) in [7, 11) is 0. The number of carbonyl (C=O) groups excluding carboxylic acids is 2. The number of benzene rings is 2. The topological polar surface area (TPSA) is 58.2 Å². The van der Waals surface area contributed by atoms with Gasteiger partial charge < -0.3 is 10.6 Å². The summed E-state index contributed by atoms with van der Waals surface area (Å²) in [6, 6.07) is 11.0.